The third-order valence-electron chi connectivity index (χ3n) is 7.98. The van der Waals surface area contributed by atoms with Crippen molar-refractivity contribution in [2.75, 3.05) is 7.11 Å². The second kappa shape index (κ2) is 5.31. The van der Waals surface area contributed by atoms with Crippen LogP contribution < -0.4 is 0 Å². The highest BCUT2D eigenvalue weighted by molar-refractivity contribution is 5.87. The average Bonchev–Trinajstić information content (AvgIpc) is 2.89. The molecular weight excluding hydrogens is 300 g/mol. The largest absolute Gasteiger partial charge is 0.501 e. The number of ether oxygens (including phenoxy) is 1. The Hall–Kier alpha value is -1.38. The maximum absolute atomic E-state index is 12.5. The van der Waals surface area contributed by atoms with Gasteiger partial charge in [-0.1, -0.05) is 13.8 Å². The molecule has 0 heterocycles. The highest BCUT2D eigenvalue weighted by Crippen LogP contribution is 2.64. The first kappa shape index (κ1) is 16.1. The first-order valence-electron chi connectivity index (χ1n) is 9.40. The fourth-order valence-corrected chi connectivity index (χ4v) is 6.53. The molecule has 0 unspecified atom stereocenters. The zero-order valence-electron chi connectivity index (χ0n) is 15.1. The molecule has 4 aliphatic carbocycles. The lowest BCUT2D eigenvalue weighted by molar-refractivity contribution is -0.131. The first-order valence-corrected chi connectivity index (χ1v) is 9.40. The monoisotopic (exact) mass is 328 g/mol. The van der Waals surface area contributed by atoms with Gasteiger partial charge in [-0.25, -0.2) is 0 Å². The number of carbonyl (C=O) groups is 2. The van der Waals surface area contributed by atoms with Crippen LogP contribution >= 0.6 is 0 Å². The fourth-order valence-electron chi connectivity index (χ4n) is 6.53. The molecule has 0 N–H and O–H groups in total. The summed E-state index contributed by atoms with van der Waals surface area (Å²) in [4.78, 5) is 24.4. The normalized spacial score (nSPS) is 44.4. The van der Waals surface area contributed by atoms with Gasteiger partial charge in [-0.2, -0.15) is 0 Å². The van der Waals surface area contributed by atoms with Crippen molar-refractivity contribution in [3.63, 3.8) is 0 Å². The Labute approximate surface area is 144 Å². The Morgan fingerprint density at radius 2 is 1.88 bits per heavy atom. The van der Waals surface area contributed by atoms with Gasteiger partial charge in [0.2, 0.25) is 0 Å². The van der Waals surface area contributed by atoms with Gasteiger partial charge in [0.25, 0.3) is 0 Å². The van der Waals surface area contributed by atoms with Gasteiger partial charge >= 0.3 is 0 Å². The lowest BCUT2D eigenvalue weighted by atomic mass is 9.47. The van der Waals surface area contributed by atoms with Crippen molar-refractivity contribution >= 4 is 12.1 Å². The summed E-state index contributed by atoms with van der Waals surface area (Å²) in [6, 6.07) is 0. The molecule has 2 saturated carbocycles. The molecule has 0 aromatic rings. The van der Waals surface area contributed by atoms with Gasteiger partial charge in [0.15, 0.2) is 0 Å². The molecule has 0 amide bonds. The Bertz CT molecular complexity index is 658. The minimum absolute atomic E-state index is 0.0636. The highest BCUT2D eigenvalue weighted by Gasteiger charge is 2.59. The Morgan fingerprint density at radius 1 is 1.12 bits per heavy atom. The molecule has 2 fully saturated rings. The van der Waals surface area contributed by atoms with E-state index >= 15 is 0 Å². The standard InChI is InChI=1S/C21H28O3/c1-20-8-6-14(24-3)11-18(20)13(12-22)10-15-16-4-5-19(23)21(16,2)9-7-17(15)20/h11-12,15-17H,4-10H2,1-3H3/t15-,16-,17-,20+,21-/m0/s1. The van der Waals surface area contributed by atoms with Crippen molar-refractivity contribution < 1.29 is 14.3 Å². The molecule has 130 valence electrons. The predicted molar refractivity (Wildman–Crippen MR) is 92.2 cm³/mol. The second-order valence-corrected chi connectivity index (χ2v) is 8.79. The van der Waals surface area contributed by atoms with Crippen molar-refractivity contribution in [3.8, 4) is 0 Å². The van der Waals surface area contributed by atoms with Gasteiger partial charge < -0.3 is 4.74 Å². The summed E-state index contributed by atoms with van der Waals surface area (Å²) in [5.74, 6) is 3.00. The summed E-state index contributed by atoms with van der Waals surface area (Å²) in [5, 5.41) is 0. The minimum Gasteiger partial charge on any atom is -0.501 e. The third kappa shape index (κ3) is 1.96. The molecule has 0 aliphatic heterocycles. The van der Waals surface area contributed by atoms with Gasteiger partial charge in [-0.3, -0.25) is 9.59 Å². The van der Waals surface area contributed by atoms with E-state index in [0.29, 0.717) is 23.5 Å². The van der Waals surface area contributed by atoms with Gasteiger partial charge in [-0.05, 0) is 72.5 Å². The number of hydrogen-bond donors (Lipinski definition) is 0. The number of ketones is 1. The number of rotatable bonds is 2. The number of fused-ring (bicyclic) bond motifs is 5. The van der Waals surface area contributed by atoms with Crippen molar-refractivity contribution in [1.29, 1.82) is 0 Å². The average molecular weight is 328 g/mol. The van der Waals surface area contributed by atoms with Crippen LogP contribution in [0.5, 0.6) is 0 Å². The molecule has 4 aliphatic rings. The van der Waals surface area contributed by atoms with Crippen molar-refractivity contribution in [2.24, 2.45) is 28.6 Å². The highest BCUT2D eigenvalue weighted by atomic mass is 16.5. The number of hydrogen-bond acceptors (Lipinski definition) is 3. The van der Waals surface area contributed by atoms with E-state index in [-0.39, 0.29) is 10.8 Å². The summed E-state index contributed by atoms with van der Waals surface area (Å²) in [6.07, 6.45) is 9.96. The molecule has 24 heavy (non-hydrogen) atoms. The number of allylic oxidation sites excluding steroid dienone is 4. The van der Waals surface area contributed by atoms with Crippen molar-refractivity contribution in [1.82, 2.24) is 0 Å². The van der Waals surface area contributed by atoms with E-state index in [4.69, 9.17) is 4.74 Å². The van der Waals surface area contributed by atoms with Crippen LogP contribution in [0.1, 0.15) is 58.8 Å². The van der Waals surface area contributed by atoms with Gasteiger partial charge in [-0.15, -0.1) is 0 Å². The van der Waals surface area contributed by atoms with Gasteiger partial charge in [0, 0.05) is 18.3 Å². The molecule has 0 bridgehead atoms. The van der Waals surface area contributed by atoms with Crippen LogP contribution in [0.15, 0.2) is 23.0 Å². The van der Waals surface area contributed by atoms with Crippen LogP contribution in [0.3, 0.4) is 0 Å². The molecule has 0 radical (unpaired) electrons. The fraction of sp³-hybridized carbons (Fsp3) is 0.714. The number of methoxy groups -OCH3 is 1. The lowest BCUT2D eigenvalue weighted by Crippen LogP contribution is -2.50. The predicted octanol–water partition coefficient (Wildman–Crippen LogP) is 4.23. The summed E-state index contributed by atoms with van der Waals surface area (Å²) < 4.78 is 5.48. The maximum Gasteiger partial charge on any atom is 0.146 e. The second-order valence-electron chi connectivity index (χ2n) is 8.79. The molecule has 4 rings (SSSR count). The zero-order valence-corrected chi connectivity index (χ0v) is 15.1. The summed E-state index contributed by atoms with van der Waals surface area (Å²) in [6.45, 7) is 4.54. The SMILES string of the molecule is COC1=CC2=C(C=O)C[C@@H]3[C@H](CC[C@]4(C)C(=O)CC[C@@H]34)[C@@]2(C)CC1. The Balaban J connectivity index is 1.80. The van der Waals surface area contributed by atoms with Crippen LogP contribution in [0.2, 0.25) is 0 Å². The molecule has 3 heteroatoms. The number of Topliss-reactive ketones (excluding diaryl/α,β-unsaturated/α-hetero) is 1. The van der Waals surface area contributed by atoms with E-state index in [2.05, 4.69) is 19.9 Å². The third-order valence-corrected chi connectivity index (χ3v) is 7.98. The molecule has 3 nitrogen and oxygen atoms in total. The first-order chi connectivity index (χ1) is 11.4. The lowest BCUT2D eigenvalue weighted by Gasteiger charge is -2.56. The van der Waals surface area contributed by atoms with Crippen LogP contribution in [0, 0.1) is 28.6 Å². The van der Waals surface area contributed by atoms with E-state index in [0.717, 1.165) is 62.6 Å². The minimum atomic E-state index is -0.134. The maximum atomic E-state index is 12.5. The molecular formula is C21H28O3. The van der Waals surface area contributed by atoms with Crippen LogP contribution in [0.4, 0.5) is 0 Å². The smallest absolute Gasteiger partial charge is 0.146 e. The van der Waals surface area contributed by atoms with E-state index in [9.17, 15) is 9.59 Å². The molecule has 0 aromatic carbocycles. The van der Waals surface area contributed by atoms with E-state index < -0.39 is 0 Å². The van der Waals surface area contributed by atoms with Crippen molar-refractivity contribution in [3.05, 3.63) is 23.0 Å². The number of aldehydes is 1. The zero-order chi connectivity index (χ0) is 17.1. The Kier molecular flexibility index (Phi) is 3.56. The molecule has 0 spiro atoms. The molecule has 5 atom stereocenters. The van der Waals surface area contributed by atoms with Crippen molar-refractivity contribution in [2.45, 2.75) is 58.8 Å². The van der Waals surface area contributed by atoms with Crippen LogP contribution in [-0.4, -0.2) is 19.2 Å². The van der Waals surface area contributed by atoms with Gasteiger partial charge in [0.05, 0.1) is 12.9 Å². The topological polar surface area (TPSA) is 43.4 Å². The number of carbonyl (C=O) groups excluding carboxylic acids is 2. The quantitative estimate of drug-likeness (QED) is 0.713. The summed E-state index contributed by atoms with van der Waals surface area (Å²) >= 11 is 0. The van der Waals surface area contributed by atoms with Crippen LogP contribution in [-0.2, 0) is 14.3 Å². The van der Waals surface area contributed by atoms with E-state index in [1.807, 2.05) is 0 Å². The summed E-state index contributed by atoms with van der Waals surface area (Å²) in [5.41, 5.74) is 2.10. The summed E-state index contributed by atoms with van der Waals surface area (Å²) in [7, 11) is 1.72. The van der Waals surface area contributed by atoms with Gasteiger partial charge in [0.1, 0.15) is 12.1 Å². The Morgan fingerprint density at radius 3 is 2.58 bits per heavy atom. The molecule has 0 aromatic heterocycles. The molecule has 0 saturated heterocycles. The van der Waals surface area contributed by atoms with E-state index in [1.165, 1.54) is 5.57 Å². The van der Waals surface area contributed by atoms with E-state index in [1.54, 1.807) is 7.11 Å². The van der Waals surface area contributed by atoms with Crippen LogP contribution in [0.25, 0.3) is 0 Å².